The van der Waals surface area contributed by atoms with Crippen LogP contribution in [-0.4, -0.2) is 22.1 Å². The molecule has 0 spiro atoms. The van der Waals surface area contributed by atoms with E-state index >= 15 is 0 Å². The van der Waals surface area contributed by atoms with E-state index in [0.29, 0.717) is 18.1 Å². The molecule has 0 atom stereocenters. The standard InChI is InChI=1S/C17H17N3O2/c1-3-22-13-10-8-12(9-11-13)16(21)19-17-18-14-6-4-5-7-15(14)20(17)2/h4-11H,3H2,1-2H3,(H,18,19,21). The van der Waals surface area contributed by atoms with E-state index in [1.165, 1.54) is 0 Å². The largest absolute Gasteiger partial charge is 0.494 e. The van der Waals surface area contributed by atoms with Crippen molar-refractivity contribution < 1.29 is 9.53 Å². The van der Waals surface area contributed by atoms with Crippen molar-refractivity contribution in [2.45, 2.75) is 6.92 Å². The zero-order valence-electron chi connectivity index (χ0n) is 12.5. The molecule has 1 aromatic heterocycles. The van der Waals surface area contributed by atoms with E-state index in [9.17, 15) is 4.79 Å². The summed E-state index contributed by atoms with van der Waals surface area (Å²) in [5.74, 6) is 1.09. The number of aromatic nitrogens is 2. The van der Waals surface area contributed by atoms with Crippen molar-refractivity contribution in [3.05, 3.63) is 54.1 Å². The summed E-state index contributed by atoms with van der Waals surface area (Å²) in [6.45, 7) is 2.53. The molecule has 0 aliphatic carbocycles. The molecule has 2 aromatic carbocycles. The lowest BCUT2D eigenvalue weighted by atomic mass is 10.2. The number of nitrogens with one attached hydrogen (secondary N) is 1. The number of anilines is 1. The maximum absolute atomic E-state index is 12.3. The van der Waals surface area contributed by atoms with Crippen molar-refractivity contribution in [1.29, 1.82) is 0 Å². The van der Waals surface area contributed by atoms with Crippen molar-refractivity contribution in [3.8, 4) is 5.75 Å². The number of ether oxygens (including phenoxy) is 1. The number of para-hydroxylation sites is 2. The molecule has 0 unspecified atom stereocenters. The number of aryl methyl sites for hydroxylation is 1. The van der Waals surface area contributed by atoms with Crippen LogP contribution in [0.4, 0.5) is 5.95 Å². The molecule has 0 bridgehead atoms. The zero-order valence-corrected chi connectivity index (χ0v) is 12.5. The minimum atomic E-state index is -0.193. The molecule has 22 heavy (non-hydrogen) atoms. The second-order valence-corrected chi connectivity index (χ2v) is 4.89. The number of nitrogens with zero attached hydrogens (tertiary/aromatic N) is 2. The molecule has 0 radical (unpaired) electrons. The van der Waals surface area contributed by atoms with Gasteiger partial charge in [-0.05, 0) is 43.3 Å². The second kappa shape index (κ2) is 5.89. The molecule has 0 saturated carbocycles. The summed E-state index contributed by atoms with van der Waals surface area (Å²) < 4.78 is 7.23. The molecule has 0 aliphatic heterocycles. The summed E-state index contributed by atoms with van der Waals surface area (Å²) in [7, 11) is 1.88. The van der Waals surface area contributed by atoms with Crippen LogP contribution in [0.25, 0.3) is 11.0 Å². The van der Waals surface area contributed by atoms with Gasteiger partial charge in [-0.25, -0.2) is 4.98 Å². The van der Waals surface area contributed by atoms with Crippen LogP contribution in [0.3, 0.4) is 0 Å². The molecule has 3 rings (SSSR count). The summed E-state index contributed by atoms with van der Waals surface area (Å²) in [5.41, 5.74) is 2.40. The third-order valence-electron chi connectivity index (χ3n) is 3.44. The molecule has 1 heterocycles. The van der Waals surface area contributed by atoms with Gasteiger partial charge in [0, 0.05) is 12.6 Å². The number of hydrogen-bond acceptors (Lipinski definition) is 3. The molecular weight excluding hydrogens is 278 g/mol. The molecular formula is C17H17N3O2. The molecule has 5 heteroatoms. The lowest BCUT2D eigenvalue weighted by Gasteiger charge is -2.06. The van der Waals surface area contributed by atoms with Gasteiger partial charge >= 0.3 is 0 Å². The minimum Gasteiger partial charge on any atom is -0.494 e. The smallest absolute Gasteiger partial charge is 0.257 e. The Hall–Kier alpha value is -2.82. The topological polar surface area (TPSA) is 56.1 Å². The van der Waals surface area contributed by atoms with E-state index in [0.717, 1.165) is 16.8 Å². The molecule has 0 aliphatic rings. The van der Waals surface area contributed by atoms with Gasteiger partial charge in [0.05, 0.1) is 17.6 Å². The lowest BCUT2D eigenvalue weighted by molar-refractivity contribution is 0.102. The first-order chi connectivity index (χ1) is 10.7. The van der Waals surface area contributed by atoms with Crippen LogP contribution in [0.5, 0.6) is 5.75 Å². The van der Waals surface area contributed by atoms with Gasteiger partial charge in [-0.2, -0.15) is 0 Å². The highest BCUT2D eigenvalue weighted by Crippen LogP contribution is 2.19. The Morgan fingerprint density at radius 3 is 2.59 bits per heavy atom. The van der Waals surface area contributed by atoms with Crippen LogP contribution in [0.15, 0.2) is 48.5 Å². The van der Waals surface area contributed by atoms with Crippen molar-refractivity contribution in [1.82, 2.24) is 9.55 Å². The number of rotatable bonds is 4. The van der Waals surface area contributed by atoms with Gasteiger partial charge in [-0.1, -0.05) is 12.1 Å². The van der Waals surface area contributed by atoms with Gasteiger partial charge in [0.2, 0.25) is 5.95 Å². The van der Waals surface area contributed by atoms with Crippen LogP contribution in [0.1, 0.15) is 17.3 Å². The van der Waals surface area contributed by atoms with Gasteiger partial charge in [-0.15, -0.1) is 0 Å². The van der Waals surface area contributed by atoms with E-state index in [-0.39, 0.29) is 5.91 Å². The van der Waals surface area contributed by atoms with Gasteiger partial charge < -0.3 is 9.30 Å². The first-order valence-electron chi connectivity index (χ1n) is 7.14. The molecule has 1 N–H and O–H groups in total. The number of carbonyl (C=O) groups is 1. The fourth-order valence-corrected chi connectivity index (χ4v) is 2.30. The van der Waals surface area contributed by atoms with E-state index < -0.39 is 0 Å². The molecule has 0 saturated heterocycles. The Labute approximate surface area is 128 Å². The summed E-state index contributed by atoms with van der Waals surface area (Å²) in [6.07, 6.45) is 0. The first-order valence-corrected chi connectivity index (χ1v) is 7.14. The normalized spacial score (nSPS) is 10.6. The number of carbonyl (C=O) groups excluding carboxylic acids is 1. The number of fused-ring (bicyclic) bond motifs is 1. The van der Waals surface area contributed by atoms with Crippen molar-refractivity contribution in [2.24, 2.45) is 7.05 Å². The number of imidazole rings is 1. The van der Waals surface area contributed by atoms with Crippen molar-refractivity contribution >= 4 is 22.9 Å². The Morgan fingerprint density at radius 2 is 1.91 bits per heavy atom. The summed E-state index contributed by atoms with van der Waals surface area (Å²) >= 11 is 0. The molecule has 3 aromatic rings. The minimum absolute atomic E-state index is 0.193. The second-order valence-electron chi connectivity index (χ2n) is 4.89. The Bertz CT molecular complexity index is 806. The highest BCUT2D eigenvalue weighted by atomic mass is 16.5. The first kappa shape index (κ1) is 14.1. The van der Waals surface area contributed by atoms with Crippen LogP contribution >= 0.6 is 0 Å². The number of amides is 1. The maximum Gasteiger partial charge on any atom is 0.257 e. The summed E-state index contributed by atoms with van der Waals surface area (Å²) in [4.78, 5) is 16.7. The predicted octanol–water partition coefficient (Wildman–Crippen LogP) is 3.22. The third-order valence-corrected chi connectivity index (χ3v) is 3.44. The van der Waals surface area contributed by atoms with Gasteiger partial charge in [0.1, 0.15) is 5.75 Å². The highest BCUT2D eigenvalue weighted by Gasteiger charge is 2.12. The average Bonchev–Trinajstić information content (AvgIpc) is 2.85. The SMILES string of the molecule is CCOc1ccc(C(=O)Nc2nc3ccccc3n2C)cc1. The monoisotopic (exact) mass is 295 g/mol. The molecule has 1 amide bonds. The third kappa shape index (κ3) is 2.65. The van der Waals surface area contributed by atoms with Crippen LogP contribution in [0, 0.1) is 0 Å². The van der Waals surface area contributed by atoms with Gasteiger partial charge in [-0.3, -0.25) is 10.1 Å². The van der Waals surface area contributed by atoms with E-state index in [1.54, 1.807) is 24.3 Å². The number of hydrogen-bond donors (Lipinski definition) is 1. The Balaban J connectivity index is 1.82. The van der Waals surface area contributed by atoms with E-state index in [2.05, 4.69) is 10.3 Å². The van der Waals surface area contributed by atoms with Crippen molar-refractivity contribution in [3.63, 3.8) is 0 Å². The van der Waals surface area contributed by atoms with Gasteiger partial charge in [0.25, 0.3) is 5.91 Å². The van der Waals surface area contributed by atoms with Crippen LogP contribution < -0.4 is 10.1 Å². The Kier molecular flexibility index (Phi) is 3.78. The maximum atomic E-state index is 12.3. The van der Waals surface area contributed by atoms with E-state index in [1.807, 2.05) is 42.8 Å². The highest BCUT2D eigenvalue weighted by molar-refractivity contribution is 6.04. The average molecular weight is 295 g/mol. The number of benzene rings is 2. The fraction of sp³-hybridized carbons (Fsp3) is 0.176. The summed E-state index contributed by atoms with van der Waals surface area (Å²) in [6, 6.07) is 14.8. The summed E-state index contributed by atoms with van der Waals surface area (Å²) in [5, 5.41) is 2.84. The molecule has 5 nitrogen and oxygen atoms in total. The van der Waals surface area contributed by atoms with Crippen LogP contribution in [-0.2, 0) is 7.05 Å². The Morgan fingerprint density at radius 1 is 1.18 bits per heavy atom. The quantitative estimate of drug-likeness (QED) is 0.804. The van der Waals surface area contributed by atoms with Crippen molar-refractivity contribution in [2.75, 3.05) is 11.9 Å². The fourth-order valence-electron chi connectivity index (χ4n) is 2.30. The molecule has 112 valence electrons. The zero-order chi connectivity index (χ0) is 15.5. The van der Waals surface area contributed by atoms with E-state index in [4.69, 9.17) is 4.74 Å². The van der Waals surface area contributed by atoms with Crippen LogP contribution in [0.2, 0.25) is 0 Å². The van der Waals surface area contributed by atoms with Gasteiger partial charge in [0.15, 0.2) is 0 Å². The predicted molar refractivity (Wildman–Crippen MR) is 86.3 cm³/mol. The lowest BCUT2D eigenvalue weighted by Crippen LogP contribution is -2.14. The molecule has 0 fully saturated rings.